The topological polar surface area (TPSA) is 84.9 Å². The van der Waals surface area contributed by atoms with E-state index >= 15 is 0 Å². The van der Waals surface area contributed by atoms with E-state index in [2.05, 4.69) is 48.2 Å². The number of aryl methyl sites for hydroxylation is 1. The zero-order valence-electron chi connectivity index (χ0n) is 24.4. The Hall–Kier alpha value is -2.86. The fourth-order valence-electron chi connectivity index (χ4n) is 4.68. The third-order valence-electron chi connectivity index (χ3n) is 7.60. The summed E-state index contributed by atoms with van der Waals surface area (Å²) in [5.41, 5.74) is 3.66. The molecule has 1 amide bonds. The summed E-state index contributed by atoms with van der Waals surface area (Å²) >= 11 is 0. The standard InChI is InChI=1S/C32H47NO5/c1-8-32(9-2,26-18-19-27(23(3)21-26)38-22-28(34)31(4,5)6)25-16-14-24(15-17-25)30(36)33-20-12-10-11-13-29(35)37-7/h14-19,21,28,34H,8-13,20,22H2,1-7H3,(H,33,36). The van der Waals surface area contributed by atoms with Crippen LogP contribution in [0.2, 0.25) is 0 Å². The largest absolute Gasteiger partial charge is 0.491 e. The maximum atomic E-state index is 12.6. The van der Waals surface area contributed by atoms with Crippen LogP contribution in [0.3, 0.4) is 0 Å². The minimum atomic E-state index is -0.547. The third-order valence-corrected chi connectivity index (χ3v) is 7.60. The van der Waals surface area contributed by atoms with Gasteiger partial charge in [-0.25, -0.2) is 0 Å². The Balaban J connectivity index is 2.07. The number of esters is 1. The van der Waals surface area contributed by atoms with Crippen LogP contribution in [-0.4, -0.2) is 43.3 Å². The highest BCUT2D eigenvalue weighted by molar-refractivity contribution is 5.94. The zero-order chi connectivity index (χ0) is 28.3. The van der Waals surface area contributed by atoms with Gasteiger partial charge in [-0.3, -0.25) is 9.59 Å². The third kappa shape index (κ3) is 8.32. The van der Waals surface area contributed by atoms with Gasteiger partial charge in [0.25, 0.3) is 5.91 Å². The molecule has 0 spiro atoms. The van der Waals surface area contributed by atoms with Crippen molar-refractivity contribution >= 4 is 11.9 Å². The van der Waals surface area contributed by atoms with Gasteiger partial charge in [-0.1, -0.05) is 65.3 Å². The number of unbranched alkanes of at least 4 members (excludes halogenated alkanes) is 2. The lowest BCUT2D eigenvalue weighted by atomic mass is 9.70. The number of hydrogen-bond donors (Lipinski definition) is 2. The molecule has 38 heavy (non-hydrogen) atoms. The maximum absolute atomic E-state index is 12.6. The lowest BCUT2D eigenvalue weighted by Crippen LogP contribution is -2.32. The Labute approximate surface area is 229 Å². The Morgan fingerprint density at radius 3 is 2.13 bits per heavy atom. The predicted molar refractivity (Wildman–Crippen MR) is 153 cm³/mol. The van der Waals surface area contributed by atoms with Crippen LogP contribution in [0.1, 0.15) is 100 Å². The molecule has 0 saturated carbocycles. The molecule has 0 saturated heterocycles. The molecule has 0 radical (unpaired) electrons. The first-order chi connectivity index (χ1) is 18.0. The number of carbonyl (C=O) groups excluding carboxylic acids is 2. The van der Waals surface area contributed by atoms with Gasteiger partial charge in [0.1, 0.15) is 12.4 Å². The van der Waals surface area contributed by atoms with E-state index in [4.69, 9.17) is 4.74 Å². The number of rotatable bonds is 14. The summed E-state index contributed by atoms with van der Waals surface area (Å²) in [6.45, 7) is 13.3. The van der Waals surface area contributed by atoms with Crippen molar-refractivity contribution < 1.29 is 24.2 Å². The van der Waals surface area contributed by atoms with Gasteiger partial charge in [0.2, 0.25) is 0 Å². The van der Waals surface area contributed by atoms with Gasteiger partial charge in [0, 0.05) is 23.9 Å². The molecule has 0 aliphatic carbocycles. The van der Waals surface area contributed by atoms with E-state index in [1.165, 1.54) is 18.2 Å². The Morgan fingerprint density at radius 1 is 0.947 bits per heavy atom. The fourth-order valence-corrected chi connectivity index (χ4v) is 4.68. The molecule has 1 atom stereocenters. The Kier molecular flexibility index (Phi) is 11.8. The second-order valence-corrected chi connectivity index (χ2v) is 11.2. The van der Waals surface area contributed by atoms with E-state index < -0.39 is 6.10 Å². The van der Waals surface area contributed by atoms with Crippen molar-refractivity contribution in [3.05, 3.63) is 64.7 Å². The molecule has 2 N–H and O–H groups in total. The number of carbonyl (C=O) groups is 2. The number of benzene rings is 2. The van der Waals surface area contributed by atoms with Gasteiger partial charge >= 0.3 is 5.97 Å². The molecule has 210 valence electrons. The first-order valence-electron chi connectivity index (χ1n) is 13.9. The monoisotopic (exact) mass is 525 g/mol. The molecule has 0 bridgehead atoms. The molecule has 6 nitrogen and oxygen atoms in total. The summed E-state index contributed by atoms with van der Waals surface area (Å²) in [7, 11) is 1.40. The number of ether oxygens (including phenoxy) is 2. The Morgan fingerprint density at radius 2 is 1.58 bits per heavy atom. The van der Waals surface area contributed by atoms with Crippen LogP contribution in [0.25, 0.3) is 0 Å². The van der Waals surface area contributed by atoms with Crippen molar-refractivity contribution in [3.63, 3.8) is 0 Å². The highest BCUT2D eigenvalue weighted by atomic mass is 16.5. The van der Waals surface area contributed by atoms with Crippen LogP contribution in [0.5, 0.6) is 5.75 Å². The summed E-state index contributed by atoms with van der Waals surface area (Å²) < 4.78 is 10.6. The van der Waals surface area contributed by atoms with Crippen molar-refractivity contribution in [2.75, 3.05) is 20.3 Å². The molecule has 0 fully saturated rings. The average molecular weight is 526 g/mol. The molecule has 0 heterocycles. The van der Waals surface area contributed by atoms with E-state index in [1.54, 1.807) is 0 Å². The van der Waals surface area contributed by atoms with Gasteiger partial charge in [0.15, 0.2) is 0 Å². The van der Waals surface area contributed by atoms with Crippen LogP contribution in [0.15, 0.2) is 42.5 Å². The van der Waals surface area contributed by atoms with Crippen molar-refractivity contribution in [1.29, 1.82) is 0 Å². The number of methoxy groups -OCH3 is 1. The molecular weight excluding hydrogens is 478 g/mol. The van der Waals surface area contributed by atoms with Crippen molar-refractivity contribution in [1.82, 2.24) is 5.32 Å². The van der Waals surface area contributed by atoms with E-state index in [9.17, 15) is 14.7 Å². The smallest absolute Gasteiger partial charge is 0.305 e. The molecule has 1 unspecified atom stereocenters. The van der Waals surface area contributed by atoms with Gasteiger partial charge in [-0.05, 0) is 72.9 Å². The molecule has 0 aliphatic rings. The van der Waals surface area contributed by atoms with E-state index in [0.717, 1.165) is 43.4 Å². The quantitative estimate of drug-likeness (QED) is 0.222. The Bertz CT molecular complexity index is 1030. The molecule has 0 aliphatic heterocycles. The van der Waals surface area contributed by atoms with Crippen LogP contribution in [0.4, 0.5) is 0 Å². The normalized spacial score (nSPS) is 12.6. The molecule has 2 aromatic rings. The predicted octanol–water partition coefficient (Wildman–Crippen LogP) is 6.35. The number of aliphatic hydroxyl groups excluding tert-OH is 1. The first-order valence-corrected chi connectivity index (χ1v) is 13.9. The highest BCUT2D eigenvalue weighted by Crippen LogP contribution is 2.40. The summed E-state index contributed by atoms with van der Waals surface area (Å²) in [4.78, 5) is 23.8. The van der Waals surface area contributed by atoms with Crippen molar-refractivity contribution in [2.45, 2.75) is 91.6 Å². The summed E-state index contributed by atoms with van der Waals surface area (Å²) in [5, 5.41) is 13.3. The average Bonchev–Trinajstić information content (AvgIpc) is 2.90. The van der Waals surface area contributed by atoms with Crippen LogP contribution in [0, 0.1) is 12.3 Å². The summed E-state index contributed by atoms with van der Waals surface area (Å²) in [6.07, 6.45) is 4.16. The zero-order valence-corrected chi connectivity index (χ0v) is 24.4. The molecule has 0 aromatic heterocycles. The SMILES string of the molecule is CCC(CC)(c1ccc(C(=O)NCCCCCC(=O)OC)cc1)c1ccc(OCC(O)C(C)(C)C)c(C)c1. The number of nitrogens with one attached hydrogen (secondary N) is 1. The van der Waals surface area contributed by atoms with E-state index in [1.807, 2.05) is 45.9 Å². The molecule has 2 aromatic carbocycles. The molecular formula is C32H47NO5. The van der Waals surface area contributed by atoms with Crippen LogP contribution in [-0.2, 0) is 14.9 Å². The number of amides is 1. The lowest BCUT2D eigenvalue weighted by Gasteiger charge is -2.34. The fraction of sp³-hybridized carbons (Fsp3) is 0.562. The van der Waals surface area contributed by atoms with E-state index in [0.29, 0.717) is 18.5 Å². The maximum Gasteiger partial charge on any atom is 0.305 e. The number of aliphatic hydroxyl groups is 1. The molecule has 6 heteroatoms. The minimum absolute atomic E-state index is 0.0853. The van der Waals surface area contributed by atoms with Gasteiger partial charge < -0.3 is 19.9 Å². The minimum Gasteiger partial charge on any atom is -0.491 e. The van der Waals surface area contributed by atoms with Crippen molar-refractivity contribution in [2.24, 2.45) is 5.41 Å². The van der Waals surface area contributed by atoms with Gasteiger partial charge in [-0.15, -0.1) is 0 Å². The second kappa shape index (κ2) is 14.3. The highest BCUT2D eigenvalue weighted by Gasteiger charge is 2.31. The first kappa shape index (κ1) is 31.4. The lowest BCUT2D eigenvalue weighted by molar-refractivity contribution is -0.140. The van der Waals surface area contributed by atoms with Gasteiger partial charge in [-0.2, -0.15) is 0 Å². The van der Waals surface area contributed by atoms with Gasteiger partial charge in [0.05, 0.1) is 13.2 Å². The second-order valence-electron chi connectivity index (χ2n) is 11.2. The number of hydrogen-bond acceptors (Lipinski definition) is 5. The van der Waals surface area contributed by atoms with Crippen LogP contribution < -0.4 is 10.1 Å². The van der Waals surface area contributed by atoms with Crippen LogP contribution >= 0.6 is 0 Å². The van der Waals surface area contributed by atoms with Crippen molar-refractivity contribution in [3.8, 4) is 5.75 Å². The van der Waals surface area contributed by atoms with E-state index in [-0.39, 0.29) is 29.3 Å². The summed E-state index contributed by atoms with van der Waals surface area (Å²) in [5.74, 6) is 0.508. The molecule has 2 rings (SSSR count). The summed E-state index contributed by atoms with van der Waals surface area (Å²) in [6, 6.07) is 14.3.